The maximum Gasteiger partial charge on any atom is 0.227 e. The third kappa shape index (κ3) is 5.12. The summed E-state index contributed by atoms with van der Waals surface area (Å²) >= 11 is 0. The highest BCUT2D eigenvalue weighted by Gasteiger charge is 2.27. The molecule has 0 atom stereocenters. The lowest BCUT2D eigenvalue weighted by atomic mass is 9.90. The Bertz CT molecular complexity index is 846. The number of hydrogen-bond acceptors (Lipinski definition) is 6. The van der Waals surface area contributed by atoms with Crippen LogP contribution in [0.2, 0.25) is 0 Å². The third-order valence-electron chi connectivity index (χ3n) is 6.82. The van der Waals surface area contributed by atoms with Gasteiger partial charge in [-0.2, -0.15) is 4.98 Å². The monoisotopic (exact) mass is 423 g/mol. The van der Waals surface area contributed by atoms with Gasteiger partial charge in [-0.3, -0.25) is 0 Å². The van der Waals surface area contributed by atoms with Crippen molar-refractivity contribution in [3.8, 4) is 5.75 Å². The van der Waals surface area contributed by atoms with Crippen LogP contribution in [-0.2, 0) is 19.4 Å². The molecule has 0 bridgehead atoms. The summed E-state index contributed by atoms with van der Waals surface area (Å²) in [6.07, 6.45) is 9.33. The van der Waals surface area contributed by atoms with Gasteiger partial charge >= 0.3 is 0 Å². The largest absolute Gasteiger partial charge is 0.494 e. The SMILES string of the molecule is CCOc1ccccc1CN[C@H]1CC[C@@H](N(C)c2nc3c(c(NC)n2)CCCC3)CC1. The second-order valence-corrected chi connectivity index (χ2v) is 8.79. The van der Waals surface area contributed by atoms with Gasteiger partial charge in [-0.05, 0) is 64.4 Å². The summed E-state index contributed by atoms with van der Waals surface area (Å²) in [6, 6.07) is 9.40. The van der Waals surface area contributed by atoms with Gasteiger partial charge in [-0.15, -0.1) is 0 Å². The molecule has 1 aromatic carbocycles. The molecule has 2 N–H and O–H groups in total. The number of nitrogens with zero attached hydrogens (tertiary/aromatic N) is 3. The summed E-state index contributed by atoms with van der Waals surface area (Å²) in [5, 5.41) is 7.06. The Balaban J connectivity index is 1.34. The van der Waals surface area contributed by atoms with E-state index >= 15 is 0 Å². The molecular weight excluding hydrogens is 386 g/mol. The number of para-hydroxylation sites is 1. The Hall–Kier alpha value is -2.34. The zero-order valence-corrected chi connectivity index (χ0v) is 19.3. The Kier molecular flexibility index (Phi) is 7.28. The number of nitrogens with one attached hydrogen (secondary N) is 2. The van der Waals surface area contributed by atoms with Gasteiger partial charge in [0.15, 0.2) is 0 Å². The highest BCUT2D eigenvalue weighted by molar-refractivity contribution is 5.52. The molecule has 168 valence electrons. The van der Waals surface area contributed by atoms with Gasteiger partial charge in [-0.25, -0.2) is 4.98 Å². The van der Waals surface area contributed by atoms with Crippen LogP contribution in [0.1, 0.15) is 62.3 Å². The zero-order chi connectivity index (χ0) is 21.6. The van der Waals surface area contributed by atoms with E-state index in [9.17, 15) is 0 Å². The minimum atomic E-state index is 0.500. The molecule has 6 nitrogen and oxygen atoms in total. The summed E-state index contributed by atoms with van der Waals surface area (Å²) in [6.45, 7) is 3.60. The Morgan fingerprint density at radius 2 is 1.84 bits per heavy atom. The number of rotatable bonds is 8. The van der Waals surface area contributed by atoms with Crippen molar-refractivity contribution in [2.45, 2.75) is 76.9 Å². The number of hydrogen-bond donors (Lipinski definition) is 2. The summed E-state index contributed by atoms with van der Waals surface area (Å²) < 4.78 is 5.77. The molecule has 6 heteroatoms. The molecule has 0 amide bonds. The highest BCUT2D eigenvalue weighted by atomic mass is 16.5. The molecule has 2 aliphatic rings. The molecule has 31 heavy (non-hydrogen) atoms. The number of fused-ring (bicyclic) bond motifs is 1. The molecule has 0 aliphatic heterocycles. The average molecular weight is 424 g/mol. The van der Waals surface area contributed by atoms with Crippen molar-refractivity contribution in [1.82, 2.24) is 15.3 Å². The van der Waals surface area contributed by atoms with Crippen LogP contribution in [0, 0.1) is 0 Å². The second-order valence-electron chi connectivity index (χ2n) is 8.79. The Labute approximate surface area is 186 Å². The minimum Gasteiger partial charge on any atom is -0.494 e. The normalized spacial score (nSPS) is 20.7. The van der Waals surface area contributed by atoms with E-state index in [1.807, 2.05) is 20.0 Å². The standard InChI is InChI=1S/C25H37N5O/c1-4-31-23-12-8-5-9-18(23)17-27-19-13-15-20(16-14-19)30(3)25-28-22-11-7-6-10-21(22)24(26-2)29-25/h5,8-9,12,19-20,27H,4,6-7,10-11,13-17H2,1-3H3,(H,26,28,29)/t19-,20+. The van der Waals surface area contributed by atoms with Crippen molar-refractivity contribution in [2.24, 2.45) is 0 Å². The van der Waals surface area contributed by atoms with Crippen molar-refractivity contribution < 1.29 is 4.74 Å². The van der Waals surface area contributed by atoms with E-state index in [0.29, 0.717) is 18.7 Å². The van der Waals surface area contributed by atoms with Crippen molar-refractivity contribution in [3.05, 3.63) is 41.1 Å². The van der Waals surface area contributed by atoms with Crippen LogP contribution in [0.4, 0.5) is 11.8 Å². The van der Waals surface area contributed by atoms with Crippen LogP contribution < -0.4 is 20.3 Å². The first-order valence-electron chi connectivity index (χ1n) is 11.9. The van der Waals surface area contributed by atoms with Gasteiger partial charge < -0.3 is 20.3 Å². The zero-order valence-electron chi connectivity index (χ0n) is 19.3. The number of aryl methyl sites for hydroxylation is 1. The molecule has 1 aromatic heterocycles. The number of ether oxygens (including phenoxy) is 1. The number of benzene rings is 1. The van der Waals surface area contributed by atoms with E-state index in [0.717, 1.165) is 49.7 Å². The van der Waals surface area contributed by atoms with E-state index in [1.54, 1.807) is 0 Å². The third-order valence-corrected chi connectivity index (χ3v) is 6.82. The fourth-order valence-electron chi connectivity index (χ4n) is 4.98. The molecule has 1 fully saturated rings. The molecule has 0 radical (unpaired) electrons. The number of aromatic nitrogens is 2. The van der Waals surface area contributed by atoms with Crippen LogP contribution in [0.15, 0.2) is 24.3 Å². The van der Waals surface area contributed by atoms with Crippen LogP contribution >= 0.6 is 0 Å². The average Bonchev–Trinajstić information content (AvgIpc) is 2.83. The molecule has 0 unspecified atom stereocenters. The minimum absolute atomic E-state index is 0.500. The van der Waals surface area contributed by atoms with Crippen LogP contribution in [0.25, 0.3) is 0 Å². The molecular formula is C25H37N5O. The van der Waals surface area contributed by atoms with E-state index in [2.05, 4.69) is 40.8 Å². The van der Waals surface area contributed by atoms with Crippen molar-refractivity contribution in [1.29, 1.82) is 0 Å². The Morgan fingerprint density at radius 1 is 1.06 bits per heavy atom. The molecule has 0 spiro atoms. The smallest absolute Gasteiger partial charge is 0.227 e. The first-order valence-corrected chi connectivity index (χ1v) is 11.9. The van der Waals surface area contributed by atoms with Gasteiger partial charge in [0.05, 0.1) is 12.3 Å². The lowest BCUT2D eigenvalue weighted by Gasteiger charge is -2.35. The molecule has 2 aliphatic carbocycles. The maximum absolute atomic E-state index is 5.77. The molecule has 2 aromatic rings. The number of anilines is 2. The van der Waals surface area contributed by atoms with E-state index in [1.165, 1.54) is 42.5 Å². The van der Waals surface area contributed by atoms with Gasteiger partial charge in [0.2, 0.25) is 5.95 Å². The first-order chi connectivity index (χ1) is 15.2. The van der Waals surface area contributed by atoms with Crippen molar-refractivity contribution in [3.63, 3.8) is 0 Å². The Morgan fingerprint density at radius 3 is 2.61 bits per heavy atom. The molecule has 4 rings (SSSR count). The summed E-state index contributed by atoms with van der Waals surface area (Å²) in [7, 11) is 4.14. The lowest BCUT2D eigenvalue weighted by Crippen LogP contribution is -2.41. The van der Waals surface area contributed by atoms with Crippen LogP contribution in [0.3, 0.4) is 0 Å². The van der Waals surface area contributed by atoms with Gasteiger partial charge in [0.25, 0.3) is 0 Å². The quantitative estimate of drug-likeness (QED) is 0.659. The summed E-state index contributed by atoms with van der Waals surface area (Å²) in [5.41, 5.74) is 3.81. The van der Waals surface area contributed by atoms with E-state index < -0.39 is 0 Å². The summed E-state index contributed by atoms with van der Waals surface area (Å²) in [4.78, 5) is 12.2. The van der Waals surface area contributed by atoms with Crippen molar-refractivity contribution >= 4 is 11.8 Å². The molecule has 1 saturated carbocycles. The van der Waals surface area contributed by atoms with E-state index in [-0.39, 0.29) is 0 Å². The predicted molar refractivity (Wildman–Crippen MR) is 127 cm³/mol. The topological polar surface area (TPSA) is 62.3 Å². The van der Waals surface area contributed by atoms with E-state index in [4.69, 9.17) is 14.7 Å². The van der Waals surface area contributed by atoms with Crippen LogP contribution in [-0.4, -0.2) is 42.8 Å². The van der Waals surface area contributed by atoms with Gasteiger partial charge in [0, 0.05) is 43.9 Å². The predicted octanol–water partition coefficient (Wildman–Crippen LogP) is 4.33. The first kappa shape index (κ1) is 21.9. The van der Waals surface area contributed by atoms with Gasteiger partial charge in [-0.1, -0.05) is 18.2 Å². The lowest BCUT2D eigenvalue weighted by molar-refractivity contribution is 0.321. The highest BCUT2D eigenvalue weighted by Crippen LogP contribution is 2.30. The maximum atomic E-state index is 5.77. The molecule has 0 saturated heterocycles. The second kappa shape index (κ2) is 10.3. The molecule has 1 heterocycles. The van der Waals surface area contributed by atoms with Crippen LogP contribution in [0.5, 0.6) is 5.75 Å². The summed E-state index contributed by atoms with van der Waals surface area (Å²) in [5.74, 6) is 2.90. The van der Waals surface area contributed by atoms with Crippen molar-refractivity contribution in [2.75, 3.05) is 30.9 Å². The van der Waals surface area contributed by atoms with Gasteiger partial charge in [0.1, 0.15) is 11.6 Å². The fourth-order valence-corrected chi connectivity index (χ4v) is 4.98. The fraction of sp³-hybridized carbons (Fsp3) is 0.600.